The van der Waals surface area contributed by atoms with Crippen molar-refractivity contribution in [2.24, 2.45) is 5.41 Å². The summed E-state index contributed by atoms with van der Waals surface area (Å²) in [7, 11) is 0. The highest BCUT2D eigenvalue weighted by Crippen LogP contribution is 2.59. The summed E-state index contributed by atoms with van der Waals surface area (Å²) in [4.78, 5) is 0. The lowest BCUT2D eigenvalue weighted by Crippen LogP contribution is -2.59. The molecule has 0 saturated heterocycles. The largest absolute Gasteiger partial charge is 0.374 e. The van der Waals surface area contributed by atoms with Gasteiger partial charge in [-0.2, -0.15) is 8.78 Å². The molecule has 1 nitrogen and oxygen atoms in total. The van der Waals surface area contributed by atoms with E-state index in [0.29, 0.717) is 19.4 Å². The van der Waals surface area contributed by atoms with Crippen LogP contribution in [0.1, 0.15) is 96.8 Å². The molecule has 0 aromatic heterocycles. The molecule has 0 aromatic rings. The molecule has 2 aliphatic carbocycles. The van der Waals surface area contributed by atoms with E-state index in [2.05, 4.69) is 13.5 Å². The number of hydrogen-bond donors (Lipinski definition) is 0. The summed E-state index contributed by atoms with van der Waals surface area (Å²) in [5.74, 6) is -5.02. The van der Waals surface area contributed by atoms with Crippen molar-refractivity contribution in [2.45, 2.75) is 108 Å². The van der Waals surface area contributed by atoms with Gasteiger partial charge < -0.3 is 4.74 Å². The average Bonchev–Trinajstić information content (AvgIpc) is 2.72. The van der Waals surface area contributed by atoms with Gasteiger partial charge in [0.2, 0.25) is 0 Å². The van der Waals surface area contributed by atoms with E-state index < -0.39 is 22.8 Å². The predicted octanol–water partition coefficient (Wildman–Crippen LogP) is 8.47. The second-order valence-electron chi connectivity index (χ2n) is 8.75. The molecule has 2 aliphatic rings. The summed E-state index contributed by atoms with van der Waals surface area (Å²) < 4.78 is 50.6. The van der Waals surface area contributed by atoms with Gasteiger partial charge >= 0.3 is 5.92 Å². The van der Waals surface area contributed by atoms with Crippen LogP contribution in [0.5, 0.6) is 0 Å². The van der Waals surface area contributed by atoms with E-state index in [1.54, 1.807) is 0 Å². The van der Waals surface area contributed by atoms with Crippen LogP contribution in [0.2, 0.25) is 0 Å². The summed E-state index contributed by atoms with van der Waals surface area (Å²) in [6.45, 7) is 6.37. The molecule has 1 unspecified atom stereocenters. The fourth-order valence-corrected chi connectivity index (χ4v) is 4.99. The van der Waals surface area contributed by atoms with Gasteiger partial charge in [0, 0.05) is 6.61 Å². The summed E-state index contributed by atoms with van der Waals surface area (Å²) in [6, 6.07) is 0. The minimum Gasteiger partial charge on any atom is -0.374 e. The third kappa shape index (κ3) is 5.37. The Balaban J connectivity index is 1.93. The molecule has 4 heteroatoms. The van der Waals surface area contributed by atoms with E-state index in [4.69, 9.17) is 4.74 Å². The molecule has 0 amide bonds. The Morgan fingerprint density at radius 1 is 0.966 bits per heavy atom. The molecule has 0 spiro atoms. The van der Waals surface area contributed by atoms with E-state index in [9.17, 15) is 4.39 Å². The van der Waals surface area contributed by atoms with Crippen LogP contribution >= 0.6 is 0 Å². The summed E-state index contributed by atoms with van der Waals surface area (Å²) in [5.41, 5.74) is -2.91. The van der Waals surface area contributed by atoms with E-state index >= 15 is 8.78 Å². The zero-order valence-electron chi connectivity index (χ0n) is 18.2. The predicted molar refractivity (Wildman–Crippen MR) is 115 cm³/mol. The minimum absolute atomic E-state index is 0.445. The molecule has 0 bridgehead atoms. The zero-order chi connectivity index (χ0) is 21.2. The first-order chi connectivity index (χ1) is 14.0. The average molecular weight is 413 g/mol. The van der Waals surface area contributed by atoms with Gasteiger partial charge in [0.1, 0.15) is 5.41 Å². The molecule has 0 aliphatic heterocycles. The van der Waals surface area contributed by atoms with Crippen LogP contribution in [0.4, 0.5) is 13.2 Å². The van der Waals surface area contributed by atoms with Gasteiger partial charge in [0.15, 0.2) is 5.83 Å². The van der Waals surface area contributed by atoms with Gasteiger partial charge in [-0.3, -0.25) is 0 Å². The lowest BCUT2D eigenvalue weighted by atomic mass is 9.60. The van der Waals surface area contributed by atoms with Crippen LogP contribution in [-0.4, -0.2) is 18.1 Å². The molecule has 0 aromatic carbocycles. The number of hydrogen-bond acceptors (Lipinski definition) is 1. The van der Waals surface area contributed by atoms with Gasteiger partial charge in [-0.15, -0.1) is 6.58 Å². The Morgan fingerprint density at radius 3 is 2.14 bits per heavy atom. The Labute approximate surface area is 175 Å². The Kier molecular flexibility index (Phi) is 9.52. The molecule has 1 atom stereocenters. The first kappa shape index (κ1) is 24.2. The normalized spacial score (nSPS) is 25.6. The smallest absolute Gasteiger partial charge is 0.313 e. The van der Waals surface area contributed by atoms with Crippen molar-refractivity contribution in [3.63, 3.8) is 0 Å². The maximum Gasteiger partial charge on any atom is 0.313 e. The van der Waals surface area contributed by atoms with Crippen molar-refractivity contribution in [3.05, 3.63) is 36.7 Å². The summed E-state index contributed by atoms with van der Waals surface area (Å²) >= 11 is 0. The van der Waals surface area contributed by atoms with E-state index in [1.807, 2.05) is 0 Å². The van der Waals surface area contributed by atoms with Crippen LogP contribution < -0.4 is 0 Å². The van der Waals surface area contributed by atoms with Gasteiger partial charge in [-0.05, 0) is 25.3 Å². The van der Waals surface area contributed by atoms with Crippen molar-refractivity contribution in [1.29, 1.82) is 0 Å². The standard InChI is InChI=1S/C25H39F3O/c1-3-5-6-7-8-9-10-11-15-21-29-24(19-13-12-14-20-24)23(4-2)18-16-17-22(26)25(23,27)28/h4,16-18H,2-3,5-15,19-21H2,1H3. The van der Waals surface area contributed by atoms with Crippen molar-refractivity contribution < 1.29 is 17.9 Å². The highest BCUT2D eigenvalue weighted by molar-refractivity contribution is 5.37. The zero-order valence-corrected chi connectivity index (χ0v) is 18.2. The van der Waals surface area contributed by atoms with Crippen molar-refractivity contribution in [2.75, 3.05) is 6.61 Å². The SMILES string of the molecule is C=CC1(C2(OCCCCCCCCCCC)CCCCC2)C=CC=C(F)C1(F)F. The number of halogens is 3. The molecule has 0 N–H and O–H groups in total. The highest BCUT2D eigenvalue weighted by Gasteiger charge is 2.66. The lowest BCUT2D eigenvalue weighted by molar-refractivity contribution is -0.200. The van der Waals surface area contributed by atoms with Gasteiger partial charge in [0.05, 0.1) is 5.60 Å². The quantitative estimate of drug-likeness (QED) is 0.218. The highest BCUT2D eigenvalue weighted by atomic mass is 19.3. The Hall–Kier alpha value is -1.03. The van der Waals surface area contributed by atoms with Crippen molar-refractivity contribution in [1.82, 2.24) is 0 Å². The van der Waals surface area contributed by atoms with E-state index in [0.717, 1.165) is 44.6 Å². The maximum absolute atomic E-state index is 15.1. The maximum atomic E-state index is 15.1. The number of ether oxygens (including phenoxy) is 1. The fourth-order valence-electron chi connectivity index (χ4n) is 4.99. The summed E-state index contributed by atoms with van der Waals surface area (Å²) in [6.07, 6.45) is 19.3. The van der Waals surface area contributed by atoms with Gasteiger partial charge in [-0.1, -0.05) is 95.8 Å². The first-order valence-corrected chi connectivity index (χ1v) is 11.7. The monoisotopic (exact) mass is 412 g/mol. The minimum atomic E-state index is -3.63. The van der Waals surface area contributed by atoms with Crippen molar-refractivity contribution >= 4 is 0 Å². The third-order valence-corrected chi connectivity index (χ3v) is 6.78. The van der Waals surface area contributed by atoms with Crippen molar-refractivity contribution in [3.8, 4) is 0 Å². The molecule has 1 saturated carbocycles. The van der Waals surface area contributed by atoms with Crippen LogP contribution in [-0.2, 0) is 4.74 Å². The Morgan fingerprint density at radius 2 is 1.55 bits per heavy atom. The van der Waals surface area contributed by atoms with Gasteiger partial charge in [0.25, 0.3) is 0 Å². The van der Waals surface area contributed by atoms with Crippen LogP contribution in [0.3, 0.4) is 0 Å². The number of alkyl halides is 2. The number of unbranched alkanes of at least 4 members (excludes halogenated alkanes) is 8. The molecule has 29 heavy (non-hydrogen) atoms. The second kappa shape index (κ2) is 11.4. The molecular formula is C25H39F3O. The summed E-state index contributed by atoms with van der Waals surface area (Å²) in [5, 5.41) is 0. The molecule has 1 fully saturated rings. The molecule has 2 rings (SSSR count). The molecule has 0 radical (unpaired) electrons. The van der Waals surface area contributed by atoms with Crippen LogP contribution in [0.25, 0.3) is 0 Å². The molecule has 166 valence electrons. The van der Waals surface area contributed by atoms with E-state index in [-0.39, 0.29) is 0 Å². The first-order valence-electron chi connectivity index (χ1n) is 11.7. The van der Waals surface area contributed by atoms with E-state index in [1.165, 1.54) is 56.8 Å². The molecule has 0 heterocycles. The second-order valence-corrected chi connectivity index (χ2v) is 8.75. The molecular weight excluding hydrogens is 373 g/mol. The fraction of sp³-hybridized carbons (Fsp3) is 0.760. The third-order valence-electron chi connectivity index (χ3n) is 6.78. The lowest BCUT2D eigenvalue weighted by Gasteiger charge is -2.53. The van der Waals surface area contributed by atoms with Crippen LogP contribution in [0.15, 0.2) is 36.7 Å². The van der Waals surface area contributed by atoms with Gasteiger partial charge in [-0.25, -0.2) is 4.39 Å². The van der Waals surface area contributed by atoms with Crippen LogP contribution in [0, 0.1) is 5.41 Å². The number of rotatable bonds is 13. The number of allylic oxidation sites excluding steroid dienone is 3. The Bertz CT molecular complexity index is 560. The topological polar surface area (TPSA) is 9.23 Å².